The van der Waals surface area contributed by atoms with Gasteiger partial charge in [0.2, 0.25) is 0 Å². The first-order valence-corrected chi connectivity index (χ1v) is 6.92. The van der Waals surface area contributed by atoms with E-state index in [2.05, 4.69) is 6.92 Å². The van der Waals surface area contributed by atoms with Crippen LogP contribution in [-0.4, -0.2) is 11.6 Å². The minimum Gasteiger partial charge on any atom is -0.456 e. The molecule has 0 fully saturated rings. The van der Waals surface area contributed by atoms with Gasteiger partial charge in [0.25, 0.3) is 0 Å². The topological polar surface area (TPSA) is 52.3 Å². The van der Waals surface area contributed by atoms with E-state index in [9.17, 15) is 4.79 Å². The highest BCUT2D eigenvalue weighted by atomic mass is 16.6. The van der Waals surface area contributed by atoms with Crippen LogP contribution >= 0.6 is 0 Å². The van der Waals surface area contributed by atoms with Gasteiger partial charge in [-0.15, -0.1) is 0 Å². The van der Waals surface area contributed by atoms with Crippen molar-refractivity contribution in [1.29, 1.82) is 0 Å². The summed E-state index contributed by atoms with van der Waals surface area (Å²) in [5.41, 5.74) is 7.27. The highest BCUT2D eigenvalue weighted by molar-refractivity contribution is 5.89. The van der Waals surface area contributed by atoms with Crippen LogP contribution in [0.4, 0.5) is 0 Å². The average Bonchev–Trinajstić information content (AvgIpc) is 2.34. The molecule has 0 heterocycles. The zero-order valence-electron chi connectivity index (χ0n) is 12.4. The van der Waals surface area contributed by atoms with Crippen LogP contribution in [0.2, 0.25) is 0 Å². The van der Waals surface area contributed by atoms with Gasteiger partial charge in [0.15, 0.2) is 0 Å². The van der Waals surface area contributed by atoms with Gasteiger partial charge < -0.3 is 10.5 Å². The maximum absolute atomic E-state index is 11.9. The fourth-order valence-electron chi connectivity index (χ4n) is 1.79. The van der Waals surface area contributed by atoms with Crippen LogP contribution in [0.1, 0.15) is 68.9 Å². The van der Waals surface area contributed by atoms with Gasteiger partial charge in [-0.3, -0.25) is 0 Å². The second-order valence-electron chi connectivity index (χ2n) is 5.87. The minimum absolute atomic E-state index is 0.0487. The summed E-state index contributed by atoms with van der Waals surface area (Å²) in [6.07, 6.45) is 3.24. The average molecular weight is 263 g/mol. The van der Waals surface area contributed by atoms with Gasteiger partial charge in [0.05, 0.1) is 5.56 Å². The maximum Gasteiger partial charge on any atom is 0.338 e. The Morgan fingerprint density at radius 3 is 2.32 bits per heavy atom. The largest absolute Gasteiger partial charge is 0.456 e. The summed E-state index contributed by atoms with van der Waals surface area (Å²) in [5.74, 6) is -0.291. The predicted octanol–water partition coefficient (Wildman–Crippen LogP) is 3.83. The number of hydrogen-bond donors (Lipinski definition) is 1. The summed E-state index contributed by atoms with van der Waals surface area (Å²) in [6, 6.07) is 7.46. The third-order valence-corrected chi connectivity index (χ3v) is 2.84. The van der Waals surface area contributed by atoms with E-state index in [0.717, 1.165) is 24.8 Å². The Kier molecular flexibility index (Phi) is 5.55. The first-order chi connectivity index (χ1) is 8.83. The summed E-state index contributed by atoms with van der Waals surface area (Å²) in [7, 11) is 0. The van der Waals surface area contributed by atoms with Crippen LogP contribution < -0.4 is 5.73 Å². The van der Waals surface area contributed by atoms with Crippen LogP contribution in [0.15, 0.2) is 24.3 Å². The summed E-state index contributed by atoms with van der Waals surface area (Å²) in [4.78, 5) is 11.9. The van der Waals surface area contributed by atoms with Gasteiger partial charge in [0.1, 0.15) is 5.60 Å². The quantitative estimate of drug-likeness (QED) is 0.821. The molecule has 0 unspecified atom stereocenters. The first kappa shape index (κ1) is 15.7. The maximum atomic E-state index is 11.9. The third kappa shape index (κ3) is 5.43. The lowest BCUT2D eigenvalue weighted by Gasteiger charge is -2.19. The van der Waals surface area contributed by atoms with Crippen LogP contribution in [-0.2, 0) is 4.74 Å². The van der Waals surface area contributed by atoms with Crippen molar-refractivity contribution >= 4 is 5.97 Å². The summed E-state index contributed by atoms with van der Waals surface area (Å²) in [6.45, 7) is 7.73. The van der Waals surface area contributed by atoms with Crippen molar-refractivity contribution in [2.45, 2.75) is 58.6 Å². The van der Waals surface area contributed by atoms with Crippen LogP contribution in [0.5, 0.6) is 0 Å². The lowest BCUT2D eigenvalue weighted by Crippen LogP contribution is -2.23. The molecular formula is C16H25NO2. The number of nitrogens with two attached hydrogens (primary N) is 1. The highest BCUT2D eigenvalue weighted by Crippen LogP contribution is 2.18. The van der Waals surface area contributed by atoms with Gasteiger partial charge in [-0.2, -0.15) is 0 Å². The van der Waals surface area contributed by atoms with E-state index in [-0.39, 0.29) is 12.0 Å². The molecule has 3 heteroatoms. The van der Waals surface area contributed by atoms with Crippen molar-refractivity contribution in [3.8, 4) is 0 Å². The number of unbranched alkanes of at least 4 members (excludes halogenated alkanes) is 1. The Morgan fingerprint density at radius 1 is 1.26 bits per heavy atom. The zero-order valence-corrected chi connectivity index (χ0v) is 12.4. The molecule has 0 amide bonds. The van der Waals surface area contributed by atoms with E-state index in [4.69, 9.17) is 10.5 Å². The van der Waals surface area contributed by atoms with Crippen LogP contribution in [0, 0.1) is 0 Å². The van der Waals surface area contributed by atoms with E-state index in [1.54, 1.807) is 12.1 Å². The van der Waals surface area contributed by atoms with Gasteiger partial charge in [-0.05, 0) is 44.9 Å². The van der Waals surface area contributed by atoms with Gasteiger partial charge in [-0.25, -0.2) is 4.79 Å². The van der Waals surface area contributed by atoms with Crippen LogP contribution in [0.3, 0.4) is 0 Å². The van der Waals surface area contributed by atoms with Crippen molar-refractivity contribution in [3.63, 3.8) is 0 Å². The number of carbonyl (C=O) groups excluding carboxylic acids is 1. The van der Waals surface area contributed by atoms with E-state index in [1.807, 2.05) is 32.9 Å². The molecule has 1 atom stereocenters. The van der Waals surface area contributed by atoms with Gasteiger partial charge >= 0.3 is 5.97 Å². The standard InChI is InChI=1S/C16H25NO2/c1-5-6-7-14(17)12-8-10-13(11-9-12)15(18)19-16(2,3)4/h8-11,14H,5-7,17H2,1-4H3/t14-/m1/s1. The SMILES string of the molecule is CCCC[C@@H](N)c1ccc(C(=O)OC(C)(C)C)cc1. The highest BCUT2D eigenvalue weighted by Gasteiger charge is 2.17. The Bertz CT molecular complexity index is 404. The summed E-state index contributed by atoms with van der Waals surface area (Å²) < 4.78 is 5.32. The van der Waals surface area contributed by atoms with Gasteiger partial charge in [-0.1, -0.05) is 31.9 Å². The van der Waals surface area contributed by atoms with E-state index >= 15 is 0 Å². The van der Waals surface area contributed by atoms with Crippen molar-refractivity contribution < 1.29 is 9.53 Å². The number of ether oxygens (including phenoxy) is 1. The molecule has 0 aliphatic heterocycles. The Hall–Kier alpha value is -1.35. The van der Waals surface area contributed by atoms with Crippen molar-refractivity contribution in [3.05, 3.63) is 35.4 Å². The third-order valence-electron chi connectivity index (χ3n) is 2.84. The summed E-state index contributed by atoms with van der Waals surface area (Å²) >= 11 is 0. The second-order valence-corrected chi connectivity index (χ2v) is 5.87. The van der Waals surface area contributed by atoms with E-state index < -0.39 is 5.60 Å². The normalized spacial score (nSPS) is 13.1. The molecule has 0 aliphatic rings. The van der Waals surface area contributed by atoms with Crippen molar-refractivity contribution in [2.75, 3.05) is 0 Å². The molecular weight excluding hydrogens is 238 g/mol. The molecule has 0 saturated carbocycles. The monoisotopic (exact) mass is 263 g/mol. The fourth-order valence-corrected chi connectivity index (χ4v) is 1.79. The number of esters is 1. The molecule has 1 aromatic rings. The molecule has 106 valence electrons. The van der Waals surface area contributed by atoms with E-state index in [1.165, 1.54) is 0 Å². The Balaban J connectivity index is 2.68. The first-order valence-electron chi connectivity index (χ1n) is 6.92. The molecule has 0 saturated heterocycles. The lowest BCUT2D eigenvalue weighted by atomic mass is 10.0. The molecule has 1 aromatic carbocycles. The molecule has 3 nitrogen and oxygen atoms in total. The lowest BCUT2D eigenvalue weighted by molar-refractivity contribution is 0.00695. The second kappa shape index (κ2) is 6.71. The predicted molar refractivity (Wildman–Crippen MR) is 78.1 cm³/mol. The molecule has 19 heavy (non-hydrogen) atoms. The zero-order chi connectivity index (χ0) is 14.5. The van der Waals surface area contributed by atoms with Crippen molar-refractivity contribution in [1.82, 2.24) is 0 Å². The number of hydrogen-bond acceptors (Lipinski definition) is 3. The molecule has 1 rings (SSSR count). The molecule has 0 bridgehead atoms. The smallest absolute Gasteiger partial charge is 0.338 e. The fraction of sp³-hybridized carbons (Fsp3) is 0.562. The minimum atomic E-state index is -0.465. The summed E-state index contributed by atoms with van der Waals surface area (Å²) in [5, 5.41) is 0. The molecule has 0 radical (unpaired) electrons. The van der Waals surface area contributed by atoms with E-state index in [0.29, 0.717) is 5.56 Å². The van der Waals surface area contributed by atoms with Crippen LogP contribution in [0.25, 0.3) is 0 Å². The molecule has 2 N–H and O–H groups in total. The van der Waals surface area contributed by atoms with Crippen molar-refractivity contribution in [2.24, 2.45) is 5.73 Å². The molecule has 0 aliphatic carbocycles. The number of rotatable bonds is 5. The Labute approximate surface area is 116 Å². The molecule has 0 aromatic heterocycles. The Morgan fingerprint density at radius 2 is 1.84 bits per heavy atom. The van der Waals surface area contributed by atoms with Gasteiger partial charge in [0, 0.05) is 6.04 Å². The molecule has 0 spiro atoms. The number of carbonyl (C=O) groups is 1. The number of benzene rings is 1.